The minimum atomic E-state index is -4.63. The smallest absolute Gasteiger partial charge is 0.335 e. The van der Waals surface area contributed by atoms with Crippen LogP contribution in [0.3, 0.4) is 0 Å². The minimum absolute atomic E-state index is 0.471. The van der Waals surface area contributed by atoms with Gasteiger partial charge in [-0.2, -0.15) is 0 Å². The van der Waals surface area contributed by atoms with E-state index in [1.54, 1.807) is 4.72 Å². The third kappa shape index (κ3) is 3.19. The minimum Gasteiger partial charge on any atom is -0.478 e. The number of sulfonamides is 1. The van der Waals surface area contributed by atoms with Gasteiger partial charge in [0.1, 0.15) is 22.3 Å². The molecule has 0 spiro atoms. The Morgan fingerprint density at radius 2 is 1.64 bits per heavy atom. The van der Waals surface area contributed by atoms with Crippen molar-refractivity contribution in [2.45, 2.75) is 4.90 Å². The van der Waals surface area contributed by atoms with Crippen LogP contribution in [0.5, 0.6) is 0 Å². The first-order valence-electron chi connectivity index (χ1n) is 5.71. The van der Waals surface area contributed by atoms with Crippen LogP contribution in [-0.4, -0.2) is 19.5 Å². The molecule has 0 aliphatic heterocycles. The lowest BCUT2D eigenvalue weighted by molar-refractivity contribution is 0.0696. The number of carboxylic acid groups (broad SMARTS) is 1. The monoisotopic (exact) mass is 331 g/mol. The molecule has 0 atom stereocenters. The van der Waals surface area contributed by atoms with Crippen LogP contribution >= 0.6 is 0 Å². The van der Waals surface area contributed by atoms with Crippen LogP contribution in [0.1, 0.15) is 10.4 Å². The fourth-order valence-electron chi connectivity index (χ4n) is 1.62. The van der Waals surface area contributed by atoms with Crippen LogP contribution in [0, 0.1) is 17.5 Å². The highest BCUT2D eigenvalue weighted by molar-refractivity contribution is 7.92. The van der Waals surface area contributed by atoms with Gasteiger partial charge < -0.3 is 5.11 Å². The molecule has 0 aromatic heterocycles. The van der Waals surface area contributed by atoms with Crippen molar-refractivity contribution < 1.29 is 31.5 Å². The first kappa shape index (κ1) is 15.8. The molecule has 116 valence electrons. The zero-order chi connectivity index (χ0) is 16.5. The van der Waals surface area contributed by atoms with Crippen molar-refractivity contribution in [3.05, 3.63) is 59.4 Å². The van der Waals surface area contributed by atoms with Crippen molar-refractivity contribution in [3.63, 3.8) is 0 Å². The molecule has 2 aromatic rings. The van der Waals surface area contributed by atoms with Gasteiger partial charge in [0.15, 0.2) is 0 Å². The average Bonchev–Trinajstić information content (AvgIpc) is 2.42. The molecule has 0 saturated carbocycles. The van der Waals surface area contributed by atoms with E-state index in [0.29, 0.717) is 24.3 Å². The average molecular weight is 331 g/mol. The highest BCUT2D eigenvalue weighted by atomic mass is 32.2. The topological polar surface area (TPSA) is 83.5 Å². The second-order valence-electron chi connectivity index (χ2n) is 4.18. The highest BCUT2D eigenvalue weighted by Gasteiger charge is 2.22. The van der Waals surface area contributed by atoms with E-state index in [2.05, 4.69) is 0 Å². The van der Waals surface area contributed by atoms with Gasteiger partial charge >= 0.3 is 5.97 Å². The highest BCUT2D eigenvalue weighted by Crippen LogP contribution is 2.22. The molecule has 2 rings (SSSR count). The number of hydrogen-bond donors (Lipinski definition) is 2. The number of anilines is 1. The third-order valence-electron chi connectivity index (χ3n) is 2.64. The number of rotatable bonds is 4. The van der Waals surface area contributed by atoms with Crippen molar-refractivity contribution in [2.24, 2.45) is 0 Å². The molecule has 0 aliphatic rings. The van der Waals surface area contributed by atoms with Crippen molar-refractivity contribution in [3.8, 4) is 0 Å². The van der Waals surface area contributed by atoms with Crippen molar-refractivity contribution in [1.82, 2.24) is 0 Å². The summed E-state index contributed by atoms with van der Waals surface area (Å²) in [6.45, 7) is 0. The first-order valence-corrected chi connectivity index (χ1v) is 7.20. The fourth-order valence-corrected chi connectivity index (χ4v) is 2.78. The molecule has 0 unspecified atom stereocenters. The van der Waals surface area contributed by atoms with Crippen LogP contribution < -0.4 is 4.72 Å². The number of aromatic carboxylic acids is 1. The largest absolute Gasteiger partial charge is 0.478 e. The molecule has 2 N–H and O–H groups in total. The molecule has 0 heterocycles. The SMILES string of the molecule is O=C(O)c1ccc(F)c(S(=O)(=O)Nc2cc(F)ccc2F)c1. The van der Waals surface area contributed by atoms with Crippen LogP contribution in [0.4, 0.5) is 18.9 Å². The third-order valence-corrected chi connectivity index (χ3v) is 4.02. The second kappa shape index (κ2) is 5.68. The predicted octanol–water partition coefficient (Wildman–Crippen LogP) is 2.60. The van der Waals surface area contributed by atoms with Gasteiger partial charge in [-0.05, 0) is 30.3 Å². The summed E-state index contributed by atoms with van der Waals surface area (Å²) in [6, 6.07) is 4.15. The summed E-state index contributed by atoms with van der Waals surface area (Å²) in [5, 5.41) is 8.79. The van der Waals surface area contributed by atoms with Crippen LogP contribution in [0.15, 0.2) is 41.3 Å². The summed E-state index contributed by atoms with van der Waals surface area (Å²) in [4.78, 5) is 9.81. The number of nitrogens with one attached hydrogen (secondary N) is 1. The van der Waals surface area contributed by atoms with E-state index < -0.39 is 49.6 Å². The zero-order valence-corrected chi connectivity index (χ0v) is 11.5. The van der Waals surface area contributed by atoms with Gasteiger partial charge in [0.25, 0.3) is 10.0 Å². The molecular formula is C13H8F3NO4S. The lowest BCUT2D eigenvalue weighted by Crippen LogP contribution is -2.16. The first-order chi connectivity index (χ1) is 10.2. The summed E-state index contributed by atoms with van der Waals surface area (Å²) >= 11 is 0. The zero-order valence-electron chi connectivity index (χ0n) is 10.7. The summed E-state index contributed by atoms with van der Waals surface area (Å²) in [6.07, 6.45) is 0. The number of benzene rings is 2. The molecule has 0 fully saturated rings. The van der Waals surface area contributed by atoms with Gasteiger partial charge in [0, 0.05) is 6.07 Å². The molecule has 0 amide bonds. The molecular weight excluding hydrogens is 323 g/mol. The normalized spacial score (nSPS) is 11.2. The summed E-state index contributed by atoms with van der Waals surface area (Å²) in [7, 11) is -4.63. The van der Waals surface area contributed by atoms with Gasteiger partial charge in [0.05, 0.1) is 11.3 Å². The van der Waals surface area contributed by atoms with Crippen molar-refractivity contribution in [2.75, 3.05) is 4.72 Å². The molecule has 9 heteroatoms. The molecule has 22 heavy (non-hydrogen) atoms. The molecule has 5 nitrogen and oxygen atoms in total. The molecule has 2 aromatic carbocycles. The van der Waals surface area contributed by atoms with E-state index in [4.69, 9.17) is 5.11 Å². The fraction of sp³-hybridized carbons (Fsp3) is 0. The Bertz CT molecular complexity index is 852. The van der Waals surface area contributed by atoms with E-state index in [-0.39, 0.29) is 0 Å². The van der Waals surface area contributed by atoms with Crippen LogP contribution in [0.25, 0.3) is 0 Å². The molecule has 0 radical (unpaired) electrons. The Morgan fingerprint density at radius 3 is 2.27 bits per heavy atom. The molecule has 0 bridgehead atoms. The van der Waals surface area contributed by atoms with Crippen molar-refractivity contribution in [1.29, 1.82) is 0 Å². The standard InChI is InChI=1S/C13H8F3NO4S/c14-8-2-4-9(15)11(6-8)17-22(20,21)12-5-7(13(18)19)1-3-10(12)16/h1-6,17H,(H,18,19). The Morgan fingerprint density at radius 1 is 1.00 bits per heavy atom. The number of hydrogen-bond acceptors (Lipinski definition) is 3. The number of carbonyl (C=O) groups is 1. The second-order valence-corrected chi connectivity index (χ2v) is 5.83. The summed E-state index contributed by atoms with van der Waals surface area (Å²) < 4.78 is 65.8. The Labute approximate surface area is 123 Å². The van der Waals surface area contributed by atoms with Crippen molar-refractivity contribution >= 4 is 21.7 Å². The maximum absolute atomic E-state index is 13.6. The maximum atomic E-state index is 13.6. The van der Waals surface area contributed by atoms with E-state index in [1.807, 2.05) is 0 Å². The Balaban J connectivity index is 2.49. The van der Waals surface area contributed by atoms with E-state index in [9.17, 15) is 26.4 Å². The maximum Gasteiger partial charge on any atom is 0.335 e. The lowest BCUT2D eigenvalue weighted by Gasteiger charge is -2.10. The number of carboxylic acids is 1. The number of halogens is 3. The van der Waals surface area contributed by atoms with E-state index in [0.717, 1.165) is 12.1 Å². The quantitative estimate of drug-likeness (QED) is 0.902. The molecule has 0 aliphatic carbocycles. The molecule has 0 saturated heterocycles. The van der Waals surface area contributed by atoms with Gasteiger partial charge in [-0.3, -0.25) is 4.72 Å². The Hall–Kier alpha value is -2.55. The van der Waals surface area contributed by atoms with Gasteiger partial charge in [0.2, 0.25) is 0 Å². The van der Waals surface area contributed by atoms with Gasteiger partial charge in [-0.25, -0.2) is 26.4 Å². The van der Waals surface area contributed by atoms with Crippen LogP contribution in [-0.2, 0) is 10.0 Å². The summed E-state index contributed by atoms with van der Waals surface area (Å²) in [5.74, 6) is -4.67. The van der Waals surface area contributed by atoms with Gasteiger partial charge in [-0.1, -0.05) is 0 Å². The van der Waals surface area contributed by atoms with E-state index in [1.165, 1.54) is 0 Å². The van der Waals surface area contributed by atoms with Crippen LogP contribution in [0.2, 0.25) is 0 Å². The lowest BCUT2D eigenvalue weighted by atomic mass is 10.2. The predicted molar refractivity (Wildman–Crippen MR) is 70.5 cm³/mol. The van der Waals surface area contributed by atoms with Gasteiger partial charge in [-0.15, -0.1) is 0 Å². The Kier molecular flexibility index (Phi) is 4.09. The van der Waals surface area contributed by atoms with E-state index >= 15 is 0 Å². The summed E-state index contributed by atoms with van der Waals surface area (Å²) in [5.41, 5.74) is -1.19.